The highest BCUT2D eigenvalue weighted by molar-refractivity contribution is 5.96. The molecule has 2 rings (SSSR count). The maximum Gasteiger partial charge on any atom is 0.252 e. The van der Waals surface area contributed by atoms with Crippen molar-refractivity contribution in [2.24, 2.45) is 5.73 Å². The van der Waals surface area contributed by atoms with Crippen LogP contribution in [0.3, 0.4) is 0 Å². The van der Waals surface area contributed by atoms with Gasteiger partial charge in [0.1, 0.15) is 11.5 Å². The fourth-order valence-electron chi connectivity index (χ4n) is 2.05. The number of benzene rings is 2. The third-order valence-corrected chi connectivity index (χ3v) is 3.25. The van der Waals surface area contributed by atoms with Crippen LogP contribution in [0.5, 0.6) is 11.5 Å². The van der Waals surface area contributed by atoms with Crippen LogP contribution >= 0.6 is 0 Å². The SMILES string of the molecule is Cc1cc(C)c(C)c(Oc2ccc(N)cc2C(N)=O)c1. The molecule has 0 aliphatic rings. The zero-order valence-corrected chi connectivity index (χ0v) is 11.9. The molecule has 0 atom stereocenters. The van der Waals surface area contributed by atoms with Gasteiger partial charge < -0.3 is 16.2 Å². The zero-order chi connectivity index (χ0) is 14.9. The molecular weight excluding hydrogens is 252 g/mol. The van der Waals surface area contributed by atoms with E-state index < -0.39 is 5.91 Å². The number of primary amides is 1. The van der Waals surface area contributed by atoms with Gasteiger partial charge in [0.25, 0.3) is 5.91 Å². The highest BCUT2D eigenvalue weighted by atomic mass is 16.5. The van der Waals surface area contributed by atoms with Crippen molar-refractivity contribution < 1.29 is 9.53 Å². The molecule has 0 heterocycles. The highest BCUT2D eigenvalue weighted by Gasteiger charge is 2.13. The Morgan fingerprint density at radius 3 is 2.40 bits per heavy atom. The molecule has 2 aromatic rings. The van der Waals surface area contributed by atoms with E-state index in [1.807, 2.05) is 26.8 Å². The summed E-state index contributed by atoms with van der Waals surface area (Å²) >= 11 is 0. The number of nitrogens with two attached hydrogens (primary N) is 2. The molecule has 0 radical (unpaired) electrons. The van der Waals surface area contributed by atoms with E-state index >= 15 is 0 Å². The van der Waals surface area contributed by atoms with Gasteiger partial charge in [-0.25, -0.2) is 0 Å². The first kappa shape index (κ1) is 13.9. The minimum absolute atomic E-state index is 0.281. The zero-order valence-electron chi connectivity index (χ0n) is 11.9. The minimum Gasteiger partial charge on any atom is -0.456 e. The van der Waals surface area contributed by atoms with Crippen LogP contribution in [0.1, 0.15) is 27.0 Å². The molecule has 1 amide bonds. The second-order valence-electron chi connectivity index (χ2n) is 4.93. The van der Waals surface area contributed by atoms with Crippen molar-refractivity contribution in [2.75, 3.05) is 5.73 Å². The fraction of sp³-hybridized carbons (Fsp3) is 0.188. The van der Waals surface area contributed by atoms with Gasteiger partial charge in [0, 0.05) is 5.69 Å². The number of carbonyl (C=O) groups excluding carboxylic acids is 1. The average Bonchev–Trinajstić information content (AvgIpc) is 2.37. The lowest BCUT2D eigenvalue weighted by atomic mass is 10.1. The lowest BCUT2D eigenvalue weighted by Gasteiger charge is -2.14. The Bertz CT molecular complexity index is 678. The Balaban J connectivity index is 2.48. The quantitative estimate of drug-likeness (QED) is 0.841. The summed E-state index contributed by atoms with van der Waals surface area (Å²) in [5.41, 5.74) is 15.1. The number of carbonyl (C=O) groups is 1. The van der Waals surface area contributed by atoms with E-state index in [0.717, 1.165) is 22.4 Å². The van der Waals surface area contributed by atoms with Crippen molar-refractivity contribution in [1.29, 1.82) is 0 Å². The van der Waals surface area contributed by atoms with Gasteiger partial charge in [0.05, 0.1) is 5.56 Å². The van der Waals surface area contributed by atoms with Crippen molar-refractivity contribution in [2.45, 2.75) is 20.8 Å². The standard InChI is InChI=1S/C16H18N2O2/c1-9-6-10(2)11(3)15(7-9)20-14-5-4-12(17)8-13(14)16(18)19/h4-8H,17H2,1-3H3,(H2,18,19). The van der Waals surface area contributed by atoms with Crippen LogP contribution in [0, 0.1) is 20.8 Å². The maximum atomic E-state index is 11.5. The summed E-state index contributed by atoms with van der Waals surface area (Å²) in [6, 6.07) is 8.88. The fourth-order valence-corrected chi connectivity index (χ4v) is 2.05. The molecule has 4 N–H and O–H groups in total. The van der Waals surface area contributed by atoms with Gasteiger partial charge in [-0.1, -0.05) is 6.07 Å². The monoisotopic (exact) mass is 270 g/mol. The largest absolute Gasteiger partial charge is 0.456 e. The molecule has 0 spiro atoms. The van der Waals surface area contributed by atoms with E-state index in [4.69, 9.17) is 16.2 Å². The van der Waals surface area contributed by atoms with E-state index in [0.29, 0.717) is 11.4 Å². The summed E-state index contributed by atoms with van der Waals surface area (Å²) in [6.07, 6.45) is 0. The van der Waals surface area contributed by atoms with E-state index in [9.17, 15) is 4.79 Å². The van der Waals surface area contributed by atoms with Gasteiger partial charge in [0.2, 0.25) is 0 Å². The van der Waals surface area contributed by atoms with Crippen molar-refractivity contribution in [1.82, 2.24) is 0 Å². The Kier molecular flexibility index (Phi) is 3.66. The summed E-state index contributed by atoms with van der Waals surface area (Å²) in [5.74, 6) is 0.573. The number of aryl methyl sites for hydroxylation is 2. The normalized spacial score (nSPS) is 10.3. The average molecular weight is 270 g/mol. The molecule has 0 aliphatic carbocycles. The molecule has 2 aromatic carbocycles. The Morgan fingerprint density at radius 2 is 1.75 bits per heavy atom. The van der Waals surface area contributed by atoms with Crippen molar-refractivity contribution in [3.63, 3.8) is 0 Å². The second-order valence-corrected chi connectivity index (χ2v) is 4.93. The number of hydrogen-bond donors (Lipinski definition) is 2. The van der Waals surface area contributed by atoms with Gasteiger partial charge in [-0.3, -0.25) is 4.79 Å². The smallest absolute Gasteiger partial charge is 0.252 e. The number of amides is 1. The topological polar surface area (TPSA) is 78.3 Å². The molecule has 0 saturated heterocycles. The molecule has 0 aliphatic heterocycles. The molecule has 0 bridgehead atoms. The van der Waals surface area contributed by atoms with Crippen LogP contribution in [0.4, 0.5) is 5.69 Å². The molecule has 0 aromatic heterocycles. The van der Waals surface area contributed by atoms with Gasteiger partial charge in [-0.05, 0) is 61.7 Å². The number of hydrogen-bond acceptors (Lipinski definition) is 3. The first-order valence-electron chi connectivity index (χ1n) is 6.33. The summed E-state index contributed by atoms with van der Waals surface area (Å²) in [6.45, 7) is 6.00. The second kappa shape index (κ2) is 5.25. The number of nitrogen functional groups attached to an aromatic ring is 1. The van der Waals surface area contributed by atoms with Crippen molar-refractivity contribution in [3.05, 3.63) is 52.6 Å². The van der Waals surface area contributed by atoms with Crippen molar-refractivity contribution in [3.8, 4) is 11.5 Å². The third kappa shape index (κ3) is 2.74. The predicted octanol–water partition coefficient (Wildman–Crippen LogP) is 3.09. The number of anilines is 1. The molecule has 0 fully saturated rings. The van der Waals surface area contributed by atoms with Crippen LogP contribution in [0.15, 0.2) is 30.3 Å². The number of rotatable bonds is 3. The highest BCUT2D eigenvalue weighted by Crippen LogP contribution is 2.31. The van der Waals surface area contributed by atoms with Crippen LogP contribution in [0.2, 0.25) is 0 Å². The van der Waals surface area contributed by atoms with Crippen LogP contribution in [-0.4, -0.2) is 5.91 Å². The van der Waals surface area contributed by atoms with Gasteiger partial charge in [0.15, 0.2) is 0 Å². The molecule has 104 valence electrons. The Hall–Kier alpha value is -2.49. The molecular formula is C16H18N2O2. The van der Waals surface area contributed by atoms with Gasteiger partial charge >= 0.3 is 0 Å². The lowest BCUT2D eigenvalue weighted by molar-refractivity contribution is 0.0998. The first-order valence-corrected chi connectivity index (χ1v) is 6.33. The molecule has 0 unspecified atom stereocenters. The molecule has 4 heteroatoms. The van der Waals surface area contributed by atoms with Crippen molar-refractivity contribution >= 4 is 11.6 Å². The predicted molar refractivity (Wildman–Crippen MR) is 80.1 cm³/mol. The van der Waals surface area contributed by atoms with Gasteiger partial charge in [-0.15, -0.1) is 0 Å². The van der Waals surface area contributed by atoms with E-state index in [-0.39, 0.29) is 5.56 Å². The maximum absolute atomic E-state index is 11.5. The van der Waals surface area contributed by atoms with Crippen LogP contribution < -0.4 is 16.2 Å². The Morgan fingerprint density at radius 1 is 1.05 bits per heavy atom. The number of ether oxygens (including phenoxy) is 1. The summed E-state index contributed by atoms with van der Waals surface area (Å²) in [5, 5.41) is 0. The van der Waals surface area contributed by atoms with E-state index in [1.165, 1.54) is 6.07 Å². The lowest BCUT2D eigenvalue weighted by Crippen LogP contribution is -2.12. The van der Waals surface area contributed by atoms with E-state index in [2.05, 4.69) is 6.07 Å². The summed E-state index contributed by atoms with van der Waals surface area (Å²) in [7, 11) is 0. The van der Waals surface area contributed by atoms with E-state index in [1.54, 1.807) is 12.1 Å². The minimum atomic E-state index is -0.561. The Labute approximate surface area is 118 Å². The van der Waals surface area contributed by atoms with Crippen LogP contribution in [-0.2, 0) is 0 Å². The van der Waals surface area contributed by atoms with Gasteiger partial charge in [-0.2, -0.15) is 0 Å². The first-order chi connectivity index (χ1) is 9.38. The molecule has 20 heavy (non-hydrogen) atoms. The third-order valence-electron chi connectivity index (χ3n) is 3.25. The summed E-state index contributed by atoms with van der Waals surface area (Å²) < 4.78 is 5.86. The molecule has 0 saturated carbocycles. The molecule has 4 nitrogen and oxygen atoms in total. The summed E-state index contributed by atoms with van der Waals surface area (Å²) in [4.78, 5) is 11.5. The van der Waals surface area contributed by atoms with Crippen LogP contribution in [0.25, 0.3) is 0 Å².